The highest BCUT2D eigenvalue weighted by Crippen LogP contribution is 2.24. The Bertz CT molecular complexity index is 208. The van der Waals surface area contributed by atoms with Crippen molar-refractivity contribution in [2.45, 2.75) is 46.1 Å². The van der Waals surface area contributed by atoms with Gasteiger partial charge in [0, 0.05) is 13.1 Å². The molecule has 1 aliphatic rings. The second-order valence-corrected chi connectivity index (χ2v) is 5.04. The second kappa shape index (κ2) is 5.50. The summed E-state index contributed by atoms with van der Waals surface area (Å²) in [5.41, 5.74) is 0. The Labute approximate surface area is 92.5 Å². The van der Waals surface area contributed by atoms with Crippen LogP contribution in [0.3, 0.4) is 0 Å². The van der Waals surface area contributed by atoms with Crippen LogP contribution in [0.5, 0.6) is 0 Å². The van der Waals surface area contributed by atoms with Gasteiger partial charge in [-0.15, -0.1) is 0 Å². The molecule has 0 aliphatic carbocycles. The Morgan fingerprint density at radius 2 is 1.93 bits per heavy atom. The lowest BCUT2D eigenvalue weighted by atomic mass is 9.90. The monoisotopic (exact) mass is 213 g/mol. The summed E-state index contributed by atoms with van der Waals surface area (Å²) in [6.07, 6.45) is 2.94. The average molecular weight is 213 g/mol. The van der Waals surface area contributed by atoms with Crippen molar-refractivity contribution in [2.75, 3.05) is 13.1 Å². The molecule has 3 heteroatoms. The first-order valence-corrected chi connectivity index (χ1v) is 6.01. The van der Waals surface area contributed by atoms with Gasteiger partial charge in [-0.1, -0.05) is 27.2 Å². The SMILES string of the molecule is CCC[C@@H](C(=O)O)N1C[C@H](C)C[C@H](C)C1. The van der Waals surface area contributed by atoms with Gasteiger partial charge in [-0.05, 0) is 24.7 Å². The number of aliphatic carboxylic acids is 1. The van der Waals surface area contributed by atoms with Crippen molar-refractivity contribution >= 4 is 5.97 Å². The maximum atomic E-state index is 11.2. The Balaban J connectivity index is 2.61. The molecule has 0 unspecified atom stereocenters. The lowest BCUT2D eigenvalue weighted by Gasteiger charge is -2.38. The highest BCUT2D eigenvalue weighted by molar-refractivity contribution is 5.73. The molecule has 0 bridgehead atoms. The van der Waals surface area contributed by atoms with Crippen molar-refractivity contribution in [1.82, 2.24) is 4.90 Å². The van der Waals surface area contributed by atoms with Crippen LogP contribution < -0.4 is 0 Å². The molecular formula is C12H23NO2. The molecule has 0 aromatic carbocycles. The molecule has 0 aromatic heterocycles. The van der Waals surface area contributed by atoms with Crippen LogP contribution in [-0.2, 0) is 4.79 Å². The van der Waals surface area contributed by atoms with Gasteiger partial charge in [-0.3, -0.25) is 9.69 Å². The largest absolute Gasteiger partial charge is 0.480 e. The fraction of sp³-hybridized carbons (Fsp3) is 0.917. The summed E-state index contributed by atoms with van der Waals surface area (Å²) < 4.78 is 0. The summed E-state index contributed by atoms with van der Waals surface area (Å²) in [6, 6.07) is -0.264. The average Bonchev–Trinajstić information content (AvgIpc) is 2.11. The number of likely N-dealkylation sites (tertiary alicyclic amines) is 1. The van der Waals surface area contributed by atoms with E-state index >= 15 is 0 Å². The fourth-order valence-electron chi connectivity index (χ4n) is 2.70. The summed E-state index contributed by atoms with van der Waals surface area (Å²) in [7, 11) is 0. The molecule has 88 valence electrons. The lowest BCUT2D eigenvalue weighted by molar-refractivity contribution is -0.144. The number of carboxylic acid groups (broad SMARTS) is 1. The minimum atomic E-state index is -0.654. The molecule has 3 atom stereocenters. The predicted molar refractivity (Wildman–Crippen MR) is 60.8 cm³/mol. The van der Waals surface area contributed by atoms with E-state index in [1.54, 1.807) is 0 Å². The zero-order valence-corrected chi connectivity index (χ0v) is 10.1. The molecule has 0 saturated carbocycles. The number of hydrogen-bond acceptors (Lipinski definition) is 2. The van der Waals surface area contributed by atoms with Gasteiger partial charge in [0.25, 0.3) is 0 Å². The van der Waals surface area contributed by atoms with Gasteiger partial charge >= 0.3 is 5.97 Å². The van der Waals surface area contributed by atoms with Crippen molar-refractivity contribution in [2.24, 2.45) is 11.8 Å². The third-order valence-corrected chi connectivity index (χ3v) is 3.19. The van der Waals surface area contributed by atoms with Gasteiger partial charge in [-0.25, -0.2) is 0 Å². The molecule has 0 radical (unpaired) electrons. The standard InChI is InChI=1S/C12H23NO2/c1-4-5-11(12(14)15)13-7-9(2)6-10(3)8-13/h9-11H,4-8H2,1-3H3,(H,14,15)/t9-,10+,11-/m0/s1. The van der Waals surface area contributed by atoms with Crippen LogP contribution in [0.2, 0.25) is 0 Å². The highest BCUT2D eigenvalue weighted by atomic mass is 16.4. The van der Waals surface area contributed by atoms with Gasteiger partial charge in [0.15, 0.2) is 0 Å². The quantitative estimate of drug-likeness (QED) is 0.778. The zero-order chi connectivity index (χ0) is 11.4. The summed E-state index contributed by atoms with van der Waals surface area (Å²) in [6.45, 7) is 8.37. The Kier molecular flexibility index (Phi) is 4.58. The molecule has 1 heterocycles. The fourth-order valence-corrected chi connectivity index (χ4v) is 2.70. The van der Waals surface area contributed by atoms with Crippen LogP contribution in [0.25, 0.3) is 0 Å². The van der Waals surface area contributed by atoms with Crippen LogP contribution >= 0.6 is 0 Å². The van der Waals surface area contributed by atoms with Crippen molar-refractivity contribution < 1.29 is 9.90 Å². The van der Waals surface area contributed by atoms with E-state index in [1.165, 1.54) is 6.42 Å². The summed E-state index contributed by atoms with van der Waals surface area (Å²) in [5, 5.41) is 9.19. The Morgan fingerprint density at radius 1 is 1.40 bits per heavy atom. The van der Waals surface area contributed by atoms with E-state index in [0.29, 0.717) is 11.8 Å². The maximum Gasteiger partial charge on any atom is 0.320 e. The second-order valence-electron chi connectivity index (χ2n) is 5.04. The van der Waals surface area contributed by atoms with Crippen molar-refractivity contribution in [3.05, 3.63) is 0 Å². The van der Waals surface area contributed by atoms with Gasteiger partial charge in [0.05, 0.1) is 0 Å². The number of hydrogen-bond donors (Lipinski definition) is 1. The number of piperidine rings is 1. The molecule has 1 N–H and O–H groups in total. The minimum absolute atomic E-state index is 0.264. The number of carboxylic acids is 1. The Morgan fingerprint density at radius 3 is 2.33 bits per heavy atom. The highest BCUT2D eigenvalue weighted by Gasteiger charge is 2.30. The number of carbonyl (C=O) groups is 1. The maximum absolute atomic E-state index is 11.2. The van der Waals surface area contributed by atoms with Crippen molar-refractivity contribution in [3.8, 4) is 0 Å². The van der Waals surface area contributed by atoms with Crippen LogP contribution in [0.1, 0.15) is 40.0 Å². The van der Waals surface area contributed by atoms with Gasteiger partial charge < -0.3 is 5.11 Å². The molecule has 1 aliphatic heterocycles. The zero-order valence-electron chi connectivity index (χ0n) is 10.1. The molecule has 0 aromatic rings. The Hall–Kier alpha value is -0.570. The first-order valence-electron chi connectivity index (χ1n) is 6.01. The van der Waals surface area contributed by atoms with Crippen LogP contribution in [0.4, 0.5) is 0 Å². The van der Waals surface area contributed by atoms with Gasteiger partial charge in [0.1, 0.15) is 6.04 Å². The van der Waals surface area contributed by atoms with E-state index in [1.807, 2.05) is 6.92 Å². The topological polar surface area (TPSA) is 40.5 Å². The van der Waals surface area contributed by atoms with Gasteiger partial charge in [0.2, 0.25) is 0 Å². The normalized spacial score (nSPS) is 30.1. The lowest BCUT2D eigenvalue weighted by Crippen LogP contribution is -2.48. The molecule has 15 heavy (non-hydrogen) atoms. The van der Waals surface area contributed by atoms with Crippen molar-refractivity contribution in [3.63, 3.8) is 0 Å². The van der Waals surface area contributed by atoms with E-state index < -0.39 is 5.97 Å². The van der Waals surface area contributed by atoms with E-state index in [-0.39, 0.29) is 6.04 Å². The van der Waals surface area contributed by atoms with E-state index in [0.717, 1.165) is 25.9 Å². The summed E-state index contributed by atoms with van der Waals surface area (Å²) in [4.78, 5) is 13.3. The molecule has 0 spiro atoms. The third kappa shape index (κ3) is 3.49. The van der Waals surface area contributed by atoms with Crippen LogP contribution in [0, 0.1) is 11.8 Å². The molecule has 1 rings (SSSR count). The minimum Gasteiger partial charge on any atom is -0.480 e. The van der Waals surface area contributed by atoms with Crippen LogP contribution in [-0.4, -0.2) is 35.1 Å². The molecule has 0 amide bonds. The van der Waals surface area contributed by atoms with Crippen molar-refractivity contribution in [1.29, 1.82) is 0 Å². The van der Waals surface area contributed by atoms with Gasteiger partial charge in [-0.2, -0.15) is 0 Å². The first-order chi connectivity index (χ1) is 7.04. The first kappa shape index (κ1) is 12.5. The molecule has 1 fully saturated rings. The molecular weight excluding hydrogens is 190 g/mol. The predicted octanol–water partition coefficient (Wildman–Crippen LogP) is 2.22. The third-order valence-electron chi connectivity index (χ3n) is 3.19. The van der Waals surface area contributed by atoms with E-state index in [9.17, 15) is 9.90 Å². The van der Waals surface area contributed by atoms with Crippen LogP contribution in [0.15, 0.2) is 0 Å². The number of nitrogens with zero attached hydrogens (tertiary/aromatic N) is 1. The number of rotatable bonds is 4. The summed E-state index contributed by atoms with van der Waals surface area (Å²) in [5.74, 6) is 0.609. The summed E-state index contributed by atoms with van der Waals surface area (Å²) >= 11 is 0. The molecule has 1 saturated heterocycles. The van der Waals surface area contributed by atoms with E-state index in [4.69, 9.17) is 0 Å². The smallest absolute Gasteiger partial charge is 0.320 e. The molecule has 3 nitrogen and oxygen atoms in total. The van der Waals surface area contributed by atoms with E-state index in [2.05, 4.69) is 18.7 Å².